The van der Waals surface area contributed by atoms with Gasteiger partial charge in [0.15, 0.2) is 0 Å². The SMILES string of the molecule is Cc1ccc(/C(=C/C=C/c2ccc3c(c2)C2CCCC2N3c2ccc(C=C(c3ccc4ccccc4c3)c3ccc4ccccc4c3)cc2)c2ccccc2)c(CO)c1. The van der Waals surface area contributed by atoms with Crippen molar-refractivity contribution in [1.29, 1.82) is 0 Å². The van der Waals surface area contributed by atoms with Gasteiger partial charge in [0, 0.05) is 23.3 Å². The Labute approximate surface area is 347 Å². The summed E-state index contributed by atoms with van der Waals surface area (Å²) in [6, 6.07) is 64.4. The summed E-state index contributed by atoms with van der Waals surface area (Å²) in [4.78, 5) is 2.61. The van der Waals surface area contributed by atoms with Crippen LogP contribution < -0.4 is 4.90 Å². The van der Waals surface area contributed by atoms with Crippen molar-refractivity contribution in [3.63, 3.8) is 0 Å². The van der Waals surface area contributed by atoms with E-state index in [-0.39, 0.29) is 6.61 Å². The highest BCUT2D eigenvalue weighted by Crippen LogP contribution is 2.52. The molecule has 0 aromatic heterocycles. The molecule has 2 aliphatic rings. The van der Waals surface area contributed by atoms with Crippen molar-refractivity contribution in [2.45, 2.75) is 44.8 Å². The molecule has 0 saturated heterocycles. The minimum absolute atomic E-state index is 0.00584. The number of hydrogen-bond donors (Lipinski definition) is 1. The van der Waals surface area contributed by atoms with Gasteiger partial charge in [-0.05, 0) is 139 Å². The van der Waals surface area contributed by atoms with E-state index in [2.05, 4.69) is 206 Å². The Kier molecular flexibility index (Phi) is 9.86. The van der Waals surface area contributed by atoms with Gasteiger partial charge in [0.25, 0.3) is 0 Å². The van der Waals surface area contributed by atoms with Gasteiger partial charge in [-0.15, -0.1) is 0 Å². The van der Waals surface area contributed by atoms with Crippen LogP contribution in [0, 0.1) is 6.92 Å². The molecule has 2 heteroatoms. The van der Waals surface area contributed by atoms with Gasteiger partial charge < -0.3 is 10.0 Å². The Hall–Kier alpha value is -6.74. The Morgan fingerprint density at radius 1 is 0.593 bits per heavy atom. The zero-order valence-corrected chi connectivity index (χ0v) is 33.4. The Bertz CT molecular complexity index is 2830. The van der Waals surface area contributed by atoms with Gasteiger partial charge in [0.05, 0.1) is 6.61 Å². The first-order chi connectivity index (χ1) is 29.1. The van der Waals surface area contributed by atoms with Crippen LogP contribution >= 0.6 is 0 Å². The van der Waals surface area contributed by atoms with Crippen LogP contribution in [0.1, 0.15) is 75.3 Å². The van der Waals surface area contributed by atoms with Gasteiger partial charge >= 0.3 is 0 Å². The van der Waals surface area contributed by atoms with Crippen LogP contribution in [0.2, 0.25) is 0 Å². The second kappa shape index (κ2) is 15.9. The fourth-order valence-electron chi connectivity index (χ4n) is 9.59. The number of aliphatic hydroxyl groups excluding tert-OH is 1. The Balaban J connectivity index is 0.969. The number of fused-ring (bicyclic) bond motifs is 5. The van der Waals surface area contributed by atoms with Crippen molar-refractivity contribution in [2.75, 3.05) is 4.90 Å². The first-order valence-electron chi connectivity index (χ1n) is 21.0. The maximum atomic E-state index is 10.3. The fraction of sp³-hybridized carbons (Fsp3) is 0.123. The lowest BCUT2D eigenvalue weighted by molar-refractivity contribution is 0.281. The molecule has 1 N–H and O–H groups in total. The molecular formula is C57H47NO. The molecule has 10 rings (SSSR count). The van der Waals surface area contributed by atoms with Gasteiger partial charge in [-0.2, -0.15) is 0 Å². The lowest BCUT2D eigenvalue weighted by Crippen LogP contribution is -2.26. The van der Waals surface area contributed by atoms with E-state index in [0.717, 1.165) is 27.8 Å². The van der Waals surface area contributed by atoms with Crippen molar-refractivity contribution in [3.8, 4) is 0 Å². The number of benzene rings is 8. The molecule has 2 nitrogen and oxygen atoms in total. The number of aryl methyl sites for hydroxylation is 1. The Morgan fingerprint density at radius 3 is 1.95 bits per heavy atom. The second-order valence-corrected chi connectivity index (χ2v) is 16.2. The normalized spacial score (nSPS) is 16.2. The largest absolute Gasteiger partial charge is 0.392 e. The average Bonchev–Trinajstić information content (AvgIpc) is 3.89. The third-order valence-corrected chi connectivity index (χ3v) is 12.5. The number of anilines is 2. The topological polar surface area (TPSA) is 23.5 Å². The maximum Gasteiger partial charge on any atom is 0.0687 e. The van der Waals surface area contributed by atoms with Crippen LogP contribution in [0.4, 0.5) is 11.4 Å². The molecule has 8 aromatic carbocycles. The summed E-state index contributed by atoms with van der Waals surface area (Å²) in [5, 5.41) is 15.2. The molecule has 0 amide bonds. The van der Waals surface area contributed by atoms with E-state index in [4.69, 9.17) is 0 Å². The number of hydrogen-bond acceptors (Lipinski definition) is 2. The quantitative estimate of drug-likeness (QED) is 0.117. The van der Waals surface area contributed by atoms with Crippen LogP contribution in [-0.2, 0) is 6.61 Å². The number of allylic oxidation sites excluding steroid dienone is 2. The zero-order chi connectivity index (χ0) is 39.7. The lowest BCUT2D eigenvalue weighted by atomic mass is 9.92. The molecule has 1 heterocycles. The first-order valence-corrected chi connectivity index (χ1v) is 21.0. The highest BCUT2D eigenvalue weighted by Gasteiger charge is 2.42. The van der Waals surface area contributed by atoms with Crippen LogP contribution in [0.25, 0.3) is 44.8 Å². The van der Waals surface area contributed by atoms with E-state index in [1.54, 1.807) is 0 Å². The van der Waals surface area contributed by atoms with Crippen LogP contribution in [0.5, 0.6) is 0 Å². The molecule has 286 valence electrons. The van der Waals surface area contributed by atoms with E-state index in [0.29, 0.717) is 12.0 Å². The predicted octanol–water partition coefficient (Wildman–Crippen LogP) is 14.3. The fourth-order valence-corrected chi connectivity index (χ4v) is 9.59. The van der Waals surface area contributed by atoms with E-state index in [1.165, 1.54) is 85.6 Å². The second-order valence-electron chi connectivity index (χ2n) is 16.2. The molecule has 0 radical (unpaired) electrons. The van der Waals surface area contributed by atoms with E-state index >= 15 is 0 Å². The summed E-state index contributed by atoms with van der Waals surface area (Å²) in [7, 11) is 0. The van der Waals surface area contributed by atoms with Crippen LogP contribution in [0.3, 0.4) is 0 Å². The standard InChI is InChI=1S/C57H47NO/c1-39-21-31-52(49(33-39)38-59)51(44-14-3-2-4-15-44)18-9-11-40-24-32-57-55(35-40)53-19-10-20-56(53)58(57)50-29-22-41(23-30-50)34-54(47-27-25-42-12-5-7-16-45(42)36-47)48-28-26-43-13-6-8-17-46(43)37-48/h2-9,11-18,21-37,53,56,59H,10,19-20,38H2,1H3/b11-9+,51-18+. The van der Waals surface area contributed by atoms with Crippen LogP contribution in [0.15, 0.2) is 188 Å². The van der Waals surface area contributed by atoms with Crippen molar-refractivity contribution >= 4 is 56.2 Å². The molecule has 2 unspecified atom stereocenters. The molecule has 59 heavy (non-hydrogen) atoms. The average molecular weight is 762 g/mol. The molecule has 1 aliphatic carbocycles. The van der Waals surface area contributed by atoms with E-state index in [1.807, 2.05) is 6.07 Å². The minimum atomic E-state index is 0.00584. The molecule has 1 saturated carbocycles. The first kappa shape index (κ1) is 36.6. The maximum absolute atomic E-state index is 10.3. The summed E-state index contributed by atoms with van der Waals surface area (Å²) in [6.07, 6.45) is 12.6. The molecular weight excluding hydrogens is 715 g/mol. The smallest absolute Gasteiger partial charge is 0.0687 e. The summed E-state index contributed by atoms with van der Waals surface area (Å²) >= 11 is 0. The number of aliphatic hydroxyl groups is 1. The van der Waals surface area contributed by atoms with E-state index in [9.17, 15) is 5.11 Å². The minimum Gasteiger partial charge on any atom is -0.392 e. The van der Waals surface area contributed by atoms with Gasteiger partial charge in [0.2, 0.25) is 0 Å². The third kappa shape index (κ3) is 7.22. The van der Waals surface area contributed by atoms with Crippen molar-refractivity contribution in [2.24, 2.45) is 0 Å². The van der Waals surface area contributed by atoms with Gasteiger partial charge in [-0.1, -0.05) is 170 Å². The number of nitrogens with zero attached hydrogens (tertiary/aromatic N) is 1. The van der Waals surface area contributed by atoms with Crippen molar-refractivity contribution < 1.29 is 5.11 Å². The summed E-state index contributed by atoms with van der Waals surface area (Å²) < 4.78 is 0. The zero-order valence-electron chi connectivity index (χ0n) is 33.4. The summed E-state index contributed by atoms with van der Waals surface area (Å²) in [6.45, 7) is 2.08. The molecule has 2 atom stereocenters. The highest BCUT2D eigenvalue weighted by molar-refractivity contribution is 5.98. The lowest BCUT2D eigenvalue weighted by Gasteiger charge is -2.27. The van der Waals surface area contributed by atoms with Crippen molar-refractivity contribution in [1.82, 2.24) is 0 Å². The molecule has 1 fully saturated rings. The summed E-state index contributed by atoms with van der Waals surface area (Å²) in [5.74, 6) is 0.528. The molecule has 0 bridgehead atoms. The van der Waals surface area contributed by atoms with E-state index < -0.39 is 0 Å². The van der Waals surface area contributed by atoms with Gasteiger partial charge in [-0.25, -0.2) is 0 Å². The third-order valence-electron chi connectivity index (χ3n) is 12.5. The molecule has 0 spiro atoms. The van der Waals surface area contributed by atoms with Crippen LogP contribution in [-0.4, -0.2) is 11.1 Å². The Morgan fingerprint density at radius 2 is 1.25 bits per heavy atom. The highest BCUT2D eigenvalue weighted by atomic mass is 16.3. The van der Waals surface area contributed by atoms with Crippen molar-refractivity contribution in [3.05, 3.63) is 238 Å². The monoisotopic (exact) mass is 761 g/mol. The summed E-state index contributed by atoms with van der Waals surface area (Å²) in [5.41, 5.74) is 15.5. The predicted molar refractivity (Wildman–Crippen MR) is 250 cm³/mol. The van der Waals surface area contributed by atoms with Gasteiger partial charge in [-0.3, -0.25) is 0 Å². The van der Waals surface area contributed by atoms with Gasteiger partial charge in [0.1, 0.15) is 0 Å². The number of rotatable bonds is 9. The molecule has 1 aliphatic heterocycles. The molecule has 8 aromatic rings.